The average Bonchev–Trinajstić information content (AvgIpc) is 2.82. The van der Waals surface area contributed by atoms with Crippen LogP contribution in [0, 0.1) is 18.6 Å². The van der Waals surface area contributed by atoms with Gasteiger partial charge in [-0.1, -0.05) is 53.6 Å². The Labute approximate surface area is 203 Å². The van der Waals surface area contributed by atoms with E-state index in [1.54, 1.807) is 4.90 Å². The number of carbonyl (C=O) groups is 1. The molecular weight excluding hydrogens is 458 g/mol. The third kappa shape index (κ3) is 6.41. The third-order valence-corrected chi connectivity index (χ3v) is 6.22. The molecule has 0 spiro atoms. The number of halogens is 3. The number of piperazine rings is 1. The molecule has 0 aliphatic carbocycles. The van der Waals surface area contributed by atoms with Gasteiger partial charge in [0.15, 0.2) is 0 Å². The Kier molecular flexibility index (Phi) is 7.93. The van der Waals surface area contributed by atoms with Gasteiger partial charge in [0.2, 0.25) is 0 Å². The molecule has 1 amide bonds. The van der Waals surface area contributed by atoms with Gasteiger partial charge < -0.3 is 9.64 Å². The van der Waals surface area contributed by atoms with Gasteiger partial charge in [-0.3, -0.25) is 9.69 Å². The standard InChI is InChI=1S/C27H27ClF2N2O2/c1-19-3-2-4-20(13-19)18-34-26(21-5-7-23(28)8-6-21)17-31-9-11-32(12-10-31)27(33)22-14-24(29)16-25(30)15-22/h2-8,13-16,26H,9-12,17-18H2,1H3/t26-/m0/s1. The Morgan fingerprint density at radius 1 is 0.971 bits per heavy atom. The maximum absolute atomic E-state index is 13.5. The molecule has 0 bridgehead atoms. The van der Waals surface area contributed by atoms with Crippen LogP contribution in [0.1, 0.15) is 33.2 Å². The minimum absolute atomic E-state index is 0.0338. The highest BCUT2D eigenvalue weighted by Gasteiger charge is 2.25. The number of hydrogen-bond donors (Lipinski definition) is 0. The first kappa shape index (κ1) is 24.3. The molecule has 0 aromatic heterocycles. The second kappa shape index (κ2) is 11.1. The fourth-order valence-corrected chi connectivity index (χ4v) is 4.28. The highest BCUT2D eigenvalue weighted by molar-refractivity contribution is 6.30. The van der Waals surface area contributed by atoms with Crippen molar-refractivity contribution < 1.29 is 18.3 Å². The maximum atomic E-state index is 13.5. The first-order valence-electron chi connectivity index (χ1n) is 11.3. The number of aryl methyl sites for hydroxylation is 1. The molecule has 1 aliphatic rings. The van der Waals surface area contributed by atoms with Crippen LogP contribution in [0.15, 0.2) is 66.7 Å². The monoisotopic (exact) mass is 484 g/mol. The van der Waals surface area contributed by atoms with Crippen LogP contribution in [-0.4, -0.2) is 48.4 Å². The number of nitrogens with zero attached hydrogens (tertiary/aromatic N) is 2. The van der Waals surface area contributed by atoms with Crippen molar-refractivity contribution in [3.8, 4) is 0 Å². The molecule has 1 heterocycles. The van der Waals surface area contributed by atoms with E-state index in [4.69, 9.17) is 16.3 Å². The normalized spacial score (nSPS) is 15.4. The van der Waals surface area contributed by atoms with Gasteiger partial charge in [0, 0.05) is 49.4 Å². The lowest BCUT2D eigenvalue weighted by atomic mass is 10.1. The van der Waals surface area contributed by atoms with E-state index in [0.717, 1.165) is 29.3 Å². The molecule has 4 nitrogen and oxygen atoms in total. The Morgan fingerprint density at radius 2 is 1.65 bits per heavy atom. The lowest BCUT2D eigenvalue weighted by Crippen LogP contribution is -2.49. The molecule has 7 heteroatoms. The van der Waals surface area contributed by atoms with Gasteiger partial charge >= 0.3 is 0 Å². The van der Waals surface area contributed by atoms with E-state index >= 15 is 0 Å². The molecule has 1 saturated heterocycles. The van der Waals surface area contributed by atoms with Crippen molar-refractivity contribution in [3.05, 3.63) is 106 Å². The maximum Gasteiger partial charge on any atom is 0.254 e. The molecule has 0 saturated carbocycles. The smallest absolute Gasteiger partial charge is 0.254 e. The molecule has 34 heavy (non-hydrogen) atoms. The summed E-state index contributed by atoms with van der Waals surface area (Å²) in [4.78, 5) is 16.6. The molecule has 0 radical (unpaired) electrons. The number of rotatable bonds is 7. The summed E-state index contributed by atoms with van der Waals surface area (Å²) in [7, 11) is 0. The molecule has 1 fully saturated rings. The summed E-state index contributed by atoms with van der Waals surface area (Å²) in [5, 5.41) is 0.669. The zero-order chi connectivity index (χ0) is 24.1. The van der Waals surface area contributed by atoms with Crippen LogP contribution in [0.2, 0.25) is 5.02 Å². The predicted molar refractivity (Wildman–Crippen MR) is 129 cm³/mol. The summed E-state index contributed by atoms with van der Waals surface area (Å²) in [6.45, 7) is 5.43. The summed E-state index contributed by atoms with van der Waals surface area (Å²) in [6, 6.07) is 18.8. The first-order chi connectivity index (χ1) is 16.4. The Balaban J connectivity index is 1.39. The largest absolute Gasteiger partial charge is 0.368 e. The van der Waals surface area contributed by atoms with Crippen LogP contribution >= 0.6 is 11.6 Å². The summed E-state index contributed by atoms with van der Waals surface area (Å²) < 4.78 is 33.4. The second-order valence-electron chi connectivity index (χ2n) is 8.59. The van der Waals surface area contributed by atoms with E-state index in [1.165, 1.54) is 5.56 Å². The highest BCUT2D eigenvalue weighted by Crippen LogP contribution is 2.24. The van der Waals surface area contributed by atoms with Crippen LogP contribution in [-0.2, 0) is 11.3 Å². The number of carbonyl (C=O) groups excluding carboxylic acids is 1. The Morgan fingerprint density at radius 3 is 2.29 bits per heavy atom. The molecule has 3 aromatic rings. The molecular formula is C27H27ClF2N2O2. The summed E-state index contributed by atoms with van der Waals surface area (Å²) >= 11 is 6.08. The quantitative estimate of drug-likeness (QED) is 0.435. The van der Waals surface area contributed by atoms with Crippen LogP contribution in [0.5, 0.6) is 0 Å². The van der Waals surface area contributed by atoms with Crippen LogP contribution in [0.4, 0.5) is 8.78 Å². The minimum atomic E-state index is -0.751. The van der Waals surface area contributed by atoms with Gasteiger partial charge in [-0.15, -0.1) is 0 Å². The Hall–Kier alpha value is -2.80. The summed E-state index contributed by atoms with van der Waals surface area (Å²) in [5.41, 5.74) is 3.36. The fraction of sp³-hybridized carbons (Fsp3) is 0.296. The zero-order valence-electron chi connectivity index (χ0n) is 19.0. The number of amides is 1. The van der Waals surface area contributed by atoms with E-state index in [9.17, 15) is 13.6 Å². The van der Waals surface area contributed by atoms with Crippen molar-refractivity contribution in [2.24, 2.45) is 0 Å². The minimum Gasteiger partial charge on any atom is -0.368 e. The van der Waals surface area contributed by atoms with E-state index < -0.39 is 11.6 Å². The number of hydrogen-bond acceptors (Lipinski definition) is 3. The van der Waals surface area contributed by atoms with Gasteiger partial charge in [-0.2, -0.15) is 0 Å². The van der Waals surface area contributed by atoms with Crippen LogP contribution in [0.3, 0.4) is 0 Å². The zero-order valence-corrected chi connectivity index (χ0v) is 19.8. The SMILES string of the molecule is Cc1cccc(CO[C@@H](CN2CCN(C(=O)c3cc(F)cc(F)c3)CC2)c2ccc(Cl)cc2)c1. The van der Waals surface area contributed by atoms with E-state index in [1.807, 2.05) is 36.4 Å². The molecule has 178 valence electrons. The number of benzene rings is 3. The predicted octanol–water partition coefficient (Wildman–Crippen LogP) is 5.64. The van der Waals surface area contributed by atoms with E-state index in [0.29, 0.717) is 44.4 Å². The van der Waals surface area contributed by atoms with Gasteiger partial charge in [0.1, 0.15) is 11.6 Å². The highest BCUT2D eigenvalue weighted by atomic mass is 35.5. The first-order valence-corrected chi connectivity index (χ1v) is 11.7. The van der Waals surface area contributed by atoms with Gasteiger partial charge in [0.05, 0.1) is 12.7 Å². The van der Waals surface area contributed by atoms with Crippen molar-refractivity contribution in [2.45, 2.75) is 19.6 Å². The summed E-state index contributed by atoms with van der Waals surface area (Å²) in [6.07, 6.45) is -0.169. The lowest BCUT2D eigenvalue weighted by Gasteiger charge is -2.36. The lowest BCUT2D eigenvalue weighted by molar-refractivity contribution is 0.00340. The molecule has 3 aromatic carbocycles. The van der Waals surface area contributed by atoms with Crippen molar-refractivity contribution in [1.29, 1.82) is 0 Å². The number of ether oxygens (including phenoxy) is 1. The molecule has 0 unspecified atom stereocenters. The average molecular weight is 485 g/mol. The Bertz CT molecular complexity index is 1110. The van der Waals surface area contributed by atoms with Gasteiger partial charge in [-0.25, -0.2) is 8.78 Å². The van der Waals surface area contributed by atoms with Crippen molar-refractivity contribution >= 4 is 17.5 Å². The van der Waals surface area contributed by atoms with Gasteiger partial charge in [0.25, 0.3) is 5.91 Å². The second-order valence-corrected chi connectivity index (χ2v) is 9.03. The van der Waals surface area contributed by atoms with Crippen LogP contribution < -0.4 is 0 Å². The molecule has 0 N–H and O–H groups in total. The van der Waals surface area contributed by atoms with E-state index in [-0.39, 0.29) is 17.6 Å². The molecule has 1 aliphatic heterocycles. The van der Waals surface area contributed by atoms with Crippen molar-refractivity contribution in [2.75, 3.05) is 32.7 Å². The molecule has 4 rings (SSSR count). The fourth-order valence-electron chi connectivity index (χ4n) is 4.16. The van der Waals surface area contributed by atoms with Crippen molar-refractivity contribution in [3.63, 3.8) is 0 Å². The van der Waals surface area contributed by atoms with E-state index in [2.05, 4.69) is 24.0 Å². The van der Waals surface area contributed by atoms with Gasteiger partial charge in [-0.05, 0) is 42.3 Å². The third-order valence-electron chi connectivity index (χ3n) is 5.97. The van der Waals surface area contributed by atoms with Crippen LogP contribution in [0.25, 0.3) is 0 Å². The summed E-state index contributed by atoms with van der Waals surface area (Å²) in [5.74, 6) is -1.86. The van der Waals surface area contributed by atoms with Crippen molar-refractivity contribution in [1.82, 2.24) is 9.80 Å². The molecule has 1 atom stereocenters. The topological polar surface area (TPSA) is 32.8 Å².